The minimum Gasteiger partial charge on any atom is -0.507 e. The number of carbonyl (C=O) groups is 1. The van der Waals surface area contributed by atoms with E-state index >= 15 is 0 Å². The maximum Gasteiger partial charge on any atom is 0.337 e. The van der Waals surface area contributed by atoms with Gasteiger partial charge in [-0.2, -0.15) is 0 Å². The first kappa shape index (κ1) is 18.2. The molecule has 0 aliphatic carbocycles. The first-order valence-corrected chi connectivity index (χ1v) is 8.38. The molecule has 3 aromatic rings. The fraction of sp³-hybridized carbons (Fsp3) is 0.0909. The Morgan fingerprint density at radius 1 is 1.00 bits per heavy atom. The highest BCUT2D eigenvalue weighted by Gasteiger charge is 2.04. The van der Waals surface area contributed by atoms with Crippen LogP contribution in [-0.4, -0.2) is 24.4 Å². The third-order valence-electron chi connectivity index (χ3n) is 3.91. The molecule has 0 atom stereocenters. The zero-order valence-electron chi connectivity index (χ0n) is 14.8. The summed E-state index contributed by atoms with van der Waals surface area (Å²) in [7, 11) is 1.36. The molecule has 0 heterocycles. The van der Waals surface area contributed by atoms with Crippen LogP contribution in [0, 0.1) is 0 Å². The van der Waals surface area contributed by atoms with Gasteiger partial charge in [0, 0.05) is 11.8 Å². The molecule has 0 saturated heterocycles. The van der Waals surface area contributed by atoms with Gasteiger partial charge >= 0.3 is 5.97 Å². The summed E-state index contributed by atoms with van der Waals surface area (Å²) < 4.78 is 10.4. The molecule has 0 aliphatic rings. The van der Waals surface area contributed by atoms with E-state index in [0.717, 1.165) is 11.3 Å². The van der Waals surface area contributed by atoms with Crippen LogP contribution in [0.25, 0.3) is 0 Å². The van der Waals surface area contributed by atoms with Crippen LogP contribution < -0.4 is 4.74 Å². The number of hydrogen-bond donors (Lipinski definition) is 1. The van der Waals surface area contributed by atoms with Crippen LogP contribution in [-0.2, 0) is 11.3 Å². The zero-order valence-corrected chi connectivity index (χ0v) is 14.8. The molecule has 0 aromatic heterocycles. The van der Waals surface area contributed by atoms with E-state index in [2.05, 4.69) is 9.73 Å². The number of hydrogen-bond acceptors (Lipinski definition) is 5. The van der Waals surface area contributed by atoms with Crippen molar-refractivity contribution >= 4 is 17.9 Å². The molecule has 0 saturated carbocycles. The lowest BCUT2D eigenvalue weighted by atomic mass is 10.1. The first-order valence-electron chi connectivity index (χ1n) is 8.38. The molecular formula is C22H19NO4. The Hall–Kier alpha value is -3.60. The first-order chi connectivity index (χ1) is 13.2. The lowest BCUT2D eigenvalue weighted by Gasteiger charge is -2.07. The summed E-state index contributed by atoms with van der Waals surface area (Å²) in [6.45, 7) is 0.391. The molecule has 3 rings (SSSR count). The topological polar surface area (TPSA) is 68.1 Å². The molecule has 0 unspecified atom stereocenters. The van der Waals surface area contributed by atoms with E-state index in [1.807, 2.05) is 42.5 Å². The molecule has 0 bridgehead atoms. The van der Waals surface area contributed by atoms with Crippen LogP contribution >= 0.6 is 0 Å². The van der Waals surface area contributed by atoms with Crippen LogP contribution in [0.1, 0.15) is 21.5 Å². The van der Waals surface area contributed by atoms with E-state index in [9.17, 15) is 9.90 Å². The standard InChI is InChI=1S/C22H19NO4/c1-26-22(25)17-8-6-16(7-9-17)15-27-20-12-10-19(11-13-20)23-14-18-4-2-3-5-21(18)24/h2-14,24H,15H2,1H3. The molecule has 1 N–H and O–H groups in total. The molecular weight excluding hydrogens is 342 g/mol. The van der Waals surface area contributed by atoms with E-state index in [1.54, 1.807) is 36.5 Å². The number of phenols is 1. The summed E-state index contributed by atoms with van der Waals surface area (Å²) >= 11 is 0. The average Bonchev–Trinajstić information content (AvgIpc) is 2.72. The van der Waals surface area contributed by atoms with Gasteiger partial charge in [0.2, 0.25) is 0 Å². The molecule has 136 valence electrons. The SMILES string of the molecule is COC(=O)c1ccc(COc2ccc(N=Cc3ccccc3O)cc2)cc1. The van der Waals surface area contributed by atoms with Crippen molar-refractivity contribution in [3.8, 4) is 11.5 Å². The van der Waals surface area contributed by atoms with Gasteiger partial charge < -0.3 is 14.6 Å². The zero-order chi connectivity index (χ0) is 19.1. The van der Waals surface area contributed by atoms with Gasteiger partial charge in [0.15, 0.2) is 0 Å². The highest BCUT2D eigenvalue weighted by Crippen LogP contribution is 2.20. The Balaban J connectivity index is 1.58. The maximum atomic E-state index is 11.4. The minimum atomic E-state index is -0.359. The number of esters is 1. The van der Waals surface area contributed by atoms with Crippen LogP contribution in [0.3, 0.4) is 0 Å². The Morgan fingerprint density at radius 2 is 1.70 bits per heavy atom. The van der Waals surface area contributed by atoms with Crippen molar-refractivity contribution in [3.05, 3.63) is 89.5 Å². The third-order valence-corrected chi connectivity index (χ3v) is 3.91. The van der Waals surface area contributed by atoms with E-state index in [4.69, 9.17) is 4.74 Å². The van der Waals surface area contributed by atoms with Crippen molar-refractivity contribution in [1.82, 2.24) is 0 Å². The van der Waals surface area contributed by atoms with Crippen LogP contribution in [0.15, 0.2) is 77.8 Å². The molecule has 5 nitrogen and oxygen atoms in total. The Morgan fingerprint density at radius 3 is 2.37 bits per heavy atom. The van der Waals surface area contributed by atoms with Crippen LogP contribution in [0.2, 0.25) is 0 Å². The number of rotatable bonds is 6. The van der Waals surface area contributed by atoms with Crippen LogP contribution in [0.4, 0.5) is 5.69 Å². The van der Waals surface area contributed by atoms with Crippen molar-refractivity contribution in [2.45, 2.75) is 6.61 Å². The Labute approximate surface area is 157 Å². The maximum absolute atomic E-state index is 11.4. The highest BCUT2D eigenvalue weighted by atomic mass is 16.5. The molecule has 3 aromatic carbocycles. The molecule has 0 fully saturated rings. The number of carbonyl (C=O) groups excluding carboxylic acids is 1. The van der Waals surface area contributed by atoms with Gasteiger partial charge in [-0.1, -0.05) is 24.3 Å². The van der Waals surface area contributed by atoms with Gasteiger partial charge in [-0.3, -0.25) is 4.99 Å². The summed E-state index contributed by atoms with van der Waals surface area (Å²) in [6.07, 6.45) is 1.62. The fourth-order valence-corrected chi connectivity index (χ4v) is 2.39. The highest BCUT2D eigenvalue weighted by molar-refractivity contribution is 5.89. The largest absolute Gasteiger partial charge is 0.507 e. The lowest BCUT2D eigenvalue weighted by Crippen LogP contribution is -2.01. The number of nitrogens with zero attached hydrogens (tertiary/aromatic N) is 1. The predicted molar refractivity (Wildman–Crippen MR) is 104 cm³/mol. The summed E-state index contributed by atoms with van der Waals surface area (Å²) in [5.74, 6) is 0.551. The molecule has 0 amide bonds. The predicted octanol–water partition coefficient (Wildman–Crippen LogP) is 4.51. The van der Waals surface area contributed by atoms with Crippen molar-refractivity contribution in [3.63, 3.8) is 0 Å². The molecule has 5 heteroatoms. The molecule has 0 radical (unpaired) electrons. The number of phenolic OH excluding ortho intramolecular Hbond substituents is 1. The van der Waals surface area contributed by atoms with Gasteiger partial charge in [-0.25, -0.2) is 4.79 Å². The van der Waals surface area contributed by atoms with Gasteiger partial charge in [0.05, 0.1) is 18.4 Å². The van der Waals surface area contributed by atoms with Gasteiger partial charge in [0.1, 0.15) is 18.1 Å². The Kier molecular flexibility index (Phi) is 5.84. The monoisotopic (exact) mass is 361 g/mol. The quantitative estimate of drug-likeness (QED) is 0.518. The second-order valence-corrected chi connectivity index (χ2v) is 5.79. The van der Waals surface area contributed by atoms with Gasteiger partial charge in [-0.15, -0.1) is 0 Å². The van der Waals surface area contributed by atoms with Gasteiger partial charge in [-0.05, 0) is 54.1 Å². The number of benzene rings is 3. The average molecular weight is 361 g/mol. The summed E-state index contributed by atoms with van der Waals surface area (Å²) in [5.41, 5.74) is 2.87. The fourth-order valence-electron chi connectivity index (χ4n) is 2.39. The van der Waals surface area contributed by atoms with E-state index in [0.29, 0.717) is 23.5 Å². The molecule has 0 spiro atoms. The lowest BCUT2D eigenvalue weighted by molar-refractivity contribution is 0.0600. The number of aromatic hydroxyl groups is 1. The van der Waals surface area contributed by atoms with Crippen LogP contribution in [0.5, 0.6) is 11.5 Å². The summed E-state index contributed by atoms with van der Waals surface area (Å²) in [5, 5.41) is 9.74. The number of ether oxygens (including phenoxy) is 2. The minimum absolute atomic E-state index is 0.194. The normalized spacial score (nSPS) is 10.7. The van der Waals surface area contributed by atoms with E-state index in [1.165, 1.54) is 7.11 Å². The number of aliphatic imine (C=N–C) groups is 1. The van der Waals surface area contributed by atoms with Crippen molar-refractivity contribution < 1.29 is 19.4 Å². The van der Waals surface area contributed by atoms with Crippen molar-refractivity contribution in [2.24, 2.45) is 4.99 Å². The Bertz CT molecular complexity index is 931. The second-order valence-electron chi connectivity index (χ2n) is 5.79. The molecule has 27 heavy (non-hydrogen) atoms. The molecule has 0 aliphatic heterocycles. The third kappa shape index (κ3) is 4.95. The van der Waals surface area contributed by atoms with Crippen molar-refractivity contribution in [1.29, 1.82) is 0 Å². The second kappa shape index (κ2) is 8.67. The smallest absolute Gasteiger partial charge is 0.337 e. The van der Waals surface area contributed by atoms with Crippen molar-refractivity contribution in [2.75, 3.05) is 7.11 Å². The van der Waals surface area contributed by atoms with Gasteiger partial charge in [0.25, 0.3) is 0 Å². The number of methoxy groups -OCH3 is 1. The summed E-state index contributed by atoms with van der Waals surface area (Å²) in [4.78, 5) is 15.8. The van der Waals surface area contributed by atoms with E-state index in [-0.39, 0.29) is 11.7 Å². The number of para-hydroxylation sites is 1. The van der Waals surface area contributed by atoms with E-state index < -0.39 is 0 Å². The summed E-state index contributed by atoms with van der Waals surface area (Å²) in [6, 6.07) is 21.4.